The van der Waals surface area contributed by atoms with Crippen molar-refractivity contribution < 1.29 is 22.7 Å². The first-order valence-electron chi connectivity index (χ1n) is 6.69. The zero-order chi connectivity index (χ0) is 15.5. The Morgan fingerprint density at radius 2 is 1.81 bits per heavy atom. The average molecular weight is 302 g/mol. The maximum atomic E-state index is 12.0. The molecule has 7 heteroatoms. The first-order valence-corrected chi connectivity index (χ1v) is 6.69. The Kier molecular flexibility index (Phi) is 4.72. The number of halogens is 3. The van der Waals surface area contributed by atoms with Crippen LogP contribution in [0.15, 0.2) is 24.3 Å². The molecule has 0 unspecified atom stereocenters. The van der Waals surface area contributed by atoms with Crippen LogP contribution in [-0.2, 0) is 4.79 Å². The minimum Gasteiger partial charge on any atom is -0.406 e. The topological polar surface area (TPSA) is 41.6 Å². The lowest BCUT2D eigenvalue weighted by Crippen LogP contribution is -2.35. The van der Waals surface area contributed by atoms with E-state index in [4.69, 9.17) is 0 Å². The molecule has 0 aromatic heterocycles. The summed E-state index contributed by atoms with van der Waals surface area (Å²) >= 11 is 0. The zero-order valence-corrected chi connectivity index (χ0v) is 11.6. The molecule has 1 N–H and O–H groups in total. The SMILES string of the molecule is CN1CCC(C(=O)Nc2ccc(OC(F)(F)F)cc2)CC1. The van der Waals surface area contributed by atoms with Gasteiger partial charge in [-0.2, -0.15) is 0 Å². The molecule has 0 radical (unpaired) electrons. The lowest BCUT2D eigenvalue weighted by molar-refractivity contribution is -0.274. The number of anilines is 1. The van der Waals surface area contributed by atoms with Crippen molar-refractivity contribution in [3.05, 3.63) is 24.3 Å². The van der Waals surface area contributed by atoms with Crippen LogP contribution in [-0.4, -0.2) is 37.3 Å². The number of carbonyl (C=O) groups excluding carboxylic acids is 1. The first kappa shape index (κ1) is 15.6. The molecular formula is C14H17F3N2O2. The highest BCUT2D eigenvalue weighted by Gasteiger charge is 2.31. The smallest absolute Gasteiger partial charge is 0.406 e. The molecule has 0 aliphatic carbocycles. The molecule has 116 valence electrons. The molecule has 2 rings (SSSR count). The van der Waals surface area contributed by atoms with Gasteiger partial charge in [0.25, 0.3) is 0 Å². The Hall–Kier alpha value is -1.76. The minimum atomic E-state index is -4.71. The van der Waals surface area contributed by atoms with E-state index in [1.165, 1.54) is 24.3 Å². The van der Waals surface area contributed by atoms with Gasteiger partial charge in [0.05, 0.1) is 0 Å². The summed E-state index contributed by atoms with van der Waals surface area (Å²) in [4.78, 5) is 14.2. The molecule has 1 aromatic rings. The first-order chi connectivity index (χ1) is 9.83. The zero-order valence-electron chi connectivity index (χ0n) is 11.6. The van der Waals surface area contributed by atoms with Crippen molar-refractivity contribution in [2.75, 3.05) is 25.5 Å². The van der Waals surface area contributed by atoms with Crippen LogP contribution in [0.5, 0.6) is 5.75 Å². The number of piperidine rings is 1. The van der Waals surface area contributed by atoms with Crippen LogP contribution < -0.4 is 10.1 Å². The van der Waals surface area contributed by atoms with Crippen LogP contribution in [0.25, 0.3) is 0 Å². The fourth-order valence-corrected chi connectivity index (χ4v) is 2.26. The largest absolute Gasteiger partial charge is 0.573 e. The third-order valence-electron chi connectivity index (χ3n) is 3.44. The van der Waals surface area contributed by atoms with Crippen molar-refractivity contribution in [3.63, 3.8) is 0 Å². The number of rotatable bonds is 3. The van der Waals surface area contributed by atoms with Gasteiger partial charge in [0.15, 0.2) is 0 Å². The van der Waals surface area contributed by atoms with E-state index >= 15 is 0 Å². The Morgan fingerprint density at radius 3 is 2.33 bits per heavy atom. The molecular weight excluding hydrogens is 285 g/mol. The van der Waals surface area contributed by atoms with E-state index in [0.717, 1.165) is 25.9 Å². The summed E-state index contributed by atoms with van der Waals surface area (Å²) in [5.41, 5.74) is 0.466. The molecule has 1 amide bonds. The number of nitrogens with zero attached hydrogens (tertiary/aromatic N) is 1. The van der Waals surface area contributed by atoms with Gasteiger partial charge in [-0.05, 0) is 57.2 Å². The second kappa shape index (κ2) is 6.34. The van der Waals surface area contributed by atoms with Gasteiger partial charge in [0.1, 0.15) is 5.75 Å². The third-order valence-corrected chi connectivity index (χ3v) is 3.44. The molecule has 4 nitrogen and oxygen atoms in total. The highest BCUT2D eigenvalue weighted by Crippen LogP contribution is 2.24. The number of carbonyl (C=O) groups is 1. The van der Waals surface area contributed by atoms with Crippen LogP contribution in [0.2, 0.25) is 0 Å². The number of amides is 1. The Morgan fingerprint density at radius 1 is 1.24 bits per heavy atom. The summed E-state index contributed by atoms with van der Waals surface area (Å²) in [5, 5.41) is 2.72. The van der Waals surface area contributed by atoms with Crippen LogP contribution in [0.1, 0.15) is 12.8 Å². The fourth-order valence-electron chi connectivity index (χ4n) is 2.26. The molecule has 1 aromatic carbocycles. The van der Waals surface area contributed by atoms with Gasteiger partial charge < -0.3 is 15.0 Å². The summed E-state index contributed by atoms with van der Waals surface area (Å²) in [5.74, 6) is -0.445. The number of alkyl halides is 3. The average Bonchev–Trinajstić information content (AvgIpc) is 2.40. The number of hydrogen-bond donors (Lipinski definition) is 1. The molecule has 1 aliphatic heterocycles. The lowest BCUT2D eigenvalue weighted by Gasteiger charge is -2.28. The van der Waals surface area contributed by atoms with Gasteiger partial charge in [0, 0.05) is 11.6 Å². The number of likely N-dealkylation sites (tertiary alicyclic amines) is 1. The van der Waals surface area contributed by atoms with Crippen molar-refractivity contribution in [3.8, 4) is 5.75 Å². The Labute approximate surface area is 120 Å². The van der Waals surface area contributed by atoms with Crippen LogP contribution in [0.3, 0.4) is 0 Å². The summed E-state index contributed by atoms with van der Waals surface area (Å²) < 4.78 is 39.9. The van der Waals surface area contributed by atoms with Crippen molar-refractivity contribution >= 4 is 11.6 Å². The van der Waals surface area contributed by atoms with Crippen LogP contribution in [0.4, 0.5) is 18.9 Å². The minimum absolute atomic E-state index is 0.0488. The monoisotopic (exact) mass is 302 g/mol. The van der Waals surface area contributed by atoms with E-state index in [0.29, 0.717) is 5.69 Å². The van der Waals surface area contributed by atoms with E-state index in [1.54, 1.807) is 0 Å². The Balaban J connectivity index is 1.89. The maximum Gasteiger partial charge on any atom is 0.573 e. The quantitative estimate of drug-likeness (QED) is 0.933. The van der Waals surface area contributed by atoms with Crippen LogP contribution in [0, 0.1) is 5.92 Å². The highest BCUT2D eigenvalue weighted by molar-refractivity contribution is 5.92. The van der Waals surface area contributed by atoms with Crippen molar-refractivity contribution in [2.45, 2.75) is 19.2 Å². The summed E-state index contributed by atoms with van der Waals surface area (Å²) in [6.07, 6.45) is -3.13. The molecule has 1 aliphatic rings. The van der Waals surface area contributed by atoms with E-state index in [-0.39, 0.29) is 17.6 Å². The highest BCUT2D eigenvalue weighted by atomic mass is 19.4. The van der Waals surface area contributed by atoms with Crippen molar-refractivity contribution in [1.82, 2.24) is 4.90 Å². The third kappa shape index (κ3) is 4.93. The van der Waals surface area contributed by atoms with E-state index < -0.39 is 6.36 Å². The number of benzene rings is 1. The van der Waals surface area contributed by atoms with Gasteiger partial charge in [-0.1, -0.05) is 0 Å². The molecule has 1 saturated heterocycles. The Bertz CT molecular complexity index is 480. The van der Waals surface area contributed by atoms with E-state index in [9.17, 15) is 18.0 Å². The molecule has 1 heterocycles. The number of nitrogens with one attached hydrogen (secondary N) is 1. The molecule has 21 heavy (non-hydrogen) atoms. The van der Waals surface area contributed by atoms with Gasteiger partial charge in [-0.15, -0.1) is 13.2 Å². The van der Waals surface area contributed by atoms with Gasteiger partial charge in [-0.25, -0.2) is 0 Å². The molecule has 0 bridgehead atoms. The molecule has 1 fully saturated rings. The predicted octanol–water partition coefficient (Wildman–Crippen LogP) is 2.87. The standard InChI is InChI=1S/C14H17F3N2O2/c1-19-8-6-10(7-9-19)13(20)18-11-2-4-12(5-3-11)21-14(15,16)17/h2-5,10H,6-9H2,1H3,(H,18,20). The summed E-state index contributed by atoms with van der Waals surface area (Å²) in [7, 11) is 2.01. The number of hydrogen-bond acceptors (Lipinski definition) is 3. The lowest BCUT2D eigenvalue weighted by atomic mass is 9.96. The van der Waals surface area contributed by atoms with Crippen molar-refractivity contribution in [2.24, 2.45) is 5.92 Å². The predicted molar refractivity (Wildman–Crippen MR) is 72.0 cm³/mol. The van der Waals surface area contributed by atoms with E-state index in [2.05, 4.69) is 15.0 Å². The molecule has 0 spiro atoms. The van der Waals surface area contributed by atoms with Crippen molar-refractivity contribution in [1.29, 1.82) is 0 Å². The molecule has 0 atom stereocenters. The van der Waals surface area contributed by atoms with E-state index in [1.807, 2.05) is 7.05 Å². The van der Waals surface area contributed by atoms with Crippen LogP contribution >= 0.6 is 0 Å². The van der Waals surface area contributed by atoms with Gasteiger partial charge >= 0.3 is 6.36 Å². The molecule has 0 saturated carbocycles. The summed E-state index contributed by atoms with van der Waals surface area (Å²) in [6.45, 7) is 1.74. The normalized spacial score (nSPS) is 17.5. The number of ether oxygens (including phenoxy) is 1. The second-order valence-electron chi connectivity index (χ2n) is 5.14. The second-order valence-corrected chi connectivity index (χ2v) is 5.14. The van der Waals surface area contributed by atoms with Gasteiger partial charge in [0.2, 0.25) is 5.91 Å². The summed E-state index contributed by atoms with van der Waals surface area (Å²) in [6, 6.07) is 5.15. The fraction of sp³-hybridized carbons (Fsp3) is 0.500. The van der Waals surface area contributed by atoms with Gasteiger partial charge in [-0.3, -0.25) is 4.79 Å². The maximum absolute atomic E-state index is 12.0.